The molecule has 0 spiro atoms. The van der Waals surface area contributed by atoms with Crippen LogP contribution in [0, 0.1) is 11.3 Å². The van der Waals surface area contributed by atoms with Gasteiger partial charge in [-0.2, -0.15) is 5.26 Å². The van der Waals surface area contributed by atoms with Crippen LogP contribution in [0.5, 0.6) is 0 Å². The number of hydrogen-bond donors (Lipinski definition) is 2. The van der Waals surface area contributed by atoms with Gasteiger partial charge in [-0.3, -0.25) is 0 Å². The largest absolute Gasteiger partial charge is 0.480 e. The number of nitrogens with zero attached hydrogens (tertiary/aromatic N) is 3. The van der Waals surface area contributed by atoms with Crippen LogP contribution in [0.2, 0.25) is 0 Å². The lowest BCUT2D eigenvalue weighted by Gasteiger charge is -2.21. The number of hydrogen-bond acceptors (Lipinski definition) is 6. The first-order valence-corrected chi connectivity index (χ1v) is 6.14. The number of carbonyl (C=O) groups excluding carboxylic acids is 1. The molecular formula is C13H16N4O4. The number of carbonyl (C=O) groups is 2. The van der Waals surface area contributed by atoms with Crippen molar-refractivity contribution in [2.75, 3.05) is 0 Å². The zero-order valence-electron chi connectivity index (χ0n) is 12.0. The van der Waals surface area contributed by atoms with Crippen LogP contribution >= 0.6 is 0 Å². The van der Waals surface area contributed by atoms with Crippen molar-refractivity contribution in [2.45, 2.75) is 38.8 Å². The molecule has 2 N–H and O–H groups in total. The van der Waals surface area contributed by atoms with Crippen LogP contribution in [-0.4, -0.2) is 38.8 Å². The van der Waals surface area contributed by atoms with E-state index in [4.69, 9.17) is 15.1 Å². The molecule has 0 aliphatic heterocycles. The van der Waals surface area contributed by atoms with Gasteiger partial charge in [0.15, 0.2) is 0 Å². The van der Waals surface area contributed by atoms with E-state index in [1.807, 2.05) is 0 Å². The normalized spacial score (nSPS) is 12.1. The molecule has 0 aliphatic rings. The van der Waals surface area contributed by atoms with E-state index in [0.29, 0.717) is 5.56 Å². The molecule has 0 bridgehead atoms. The smallest absolute Gasteiger partial charge is 0.408 e. The zero-order chi connectivity index (χ0) is 16.0. The van der Waals surface area contributed by atoms with Crippen molar-refractivity contribution in [1.82, 2.24) is 15.3 Å². The van der Waals surface area contributed by atoms with Crippen LogP contribution in [0.4, 0.5) is 4.79 Å². The molecule has 1 amide bonds. The molecule has 8 heteroatoms. The number of nitriles is 1. The van der Waals surface area contributed by atoms with Crippen LogP contribution in [0.3, 0.4) is 0 Å². The second-order valence-corrected chi connectivity index (χ2v) is 5.27. The Morgan fingerprint density at radius 3 is 2.43 bits per heavy atom. The van der Waals surface area contributed by atoms with E-state index in [2.05, 4.69) is 15.3 Å². The molecule has 1 rings (SSSR count). The van der Waals surface area contributed by atoms with E-state index in [9.17, 15) is 9.59 Å². The summed E-state index contributed by atoms with van der Waals surface area (Å²) in [6.45, 7) is 5.03. The first-order valence-electron chi connectivity index (χ1n) is 6.14. The Bertz CT molecular complexity index is 557. The van der Waals surface area contributed by atoms with E-state index in [1.54, 1.807) is 26.8 Å². The number of amides is 1. The molecule has 1 heterocycles. The highest BCUT2D eigenvalue weighted by Crippen LogP contribution is 2.08. The Labute approximate surface area is 121 Å². The molecule has 0 radical (unpaired) electrons. The number of aliphatic carboxylic acids is 1. The highest BCUT2D eigenvalue weighted by atomic mass is 16.6. The maximum atomic E-state index is 11.6. The fourth-order valence-electron chi connectivity index (χ4n) is 1.40. The number of rotatable bonds is 4. The molecular weight excluding hydrogens is 276 g/mol. The summed E-state index contributed by atoms with van der Waals surface area (Å²) in [5.41, 5.74) is -0.234. The Balaban J connectivity index is 2.72. The molecule has 1 atom stereocenters. The highest BCUT2D eigenvalue weighted by molar-refractivity contribution is 5.80. The van der Waals surface area contributed by atoms with E-state index < -0.39 is 23.7 Å². The lowest BCUT2D eigenvalue weighted by Crippen LogP contribution is -2.44. The standard InChI is InChI=1S/C13H16N4O4/c1-13(2,3)21-12(20)17-9(11(18)19)4-8-6-15-10(5-14)16-7-8/h6-7,9H,4H2,1-3H3,(H,17,20)(H,18,19). The molecule has 0 aliphatic carbocycles. The SMILES string of the molecule is CC(C)(C)OC(=O)NC(Cc1cnc(C#N)nc1)C(=O)O. The van der Waals surface area contributed by atoms with Crippen molar-refractivity contribution in [1.29, 1.82) is 5.26 Å². The molecule has 0 fully saturated rings. The Morgan fingerprint density at radius 2 is 2.00 bits per heavy atom. The van der Waals surface area contributed by atoms with Crippen LogP contribution in [-0.2, 0) is 16.0 Å². The first kappa shape index (κ1) is 16.4. The maximum Gasteiger partial charge on any atom is 0.408 e. The fourth-order valence-corrected chi connectivity index (χ4v) is 1.40. The van der Waals surface area contributed by atoms with Crippen molar-refractivity contribution >= 4 is 12.1 Å². The number of aromatic nitrogens is 2. The molecule has 0 saturated carbocycles. The van der Waals surface area contributed by atoms with Crippen molar-refractivity contribution in [2.24, 2.45) is 0 Å². The predicted octanol–water partition coefficient (Wildman–Crippen LogP) is 0.869. The van der Waals surface area contributed by atoms with Crippen LogP contribution in [0.25, 0.3) is 0 Å². The van der Waals surface area contributed by atoms with Gasteiger partial charge in [0, 0.05) is 18.8 Å². The Kier molecular flexibility index (Phi) is 5.18. The van der Waals surface area contributed by atoms with Gasteiger partial charge in [-0.05, 0) is 26.3 Å². The van der Waals surface area contributed by atoms with Gasteiger partial charge in [0.05, 0.1) is 0 Å². The average Bonchev–Trinajstić information content (AvgIpc) is 2.36. The van der Waals surface area contributed by atoms with E-state index >= 15 is 0 Å². The first-order chi connectivity index (χ1) is 9.71. The summed E-state index contributed by atoms with van der Waals surface area (Å²) in [5.74, 6) is -1.21. The quantitative estimate of drug-likeness (QED) is 0.843. The van der Waals surface area contributed by atoms with E-state index in [1.165, 1.54) is 12.4 Å². The summed E-state index contributed by atoms with van der Waals surface area (Å²) in [5, 5.41) is 20.0. The third kappa shape index (κ3) is 5.86. The molecule has 1 aromatic rings. The summed E-state index contributed by atoms with van der Waals surface area (Å²) >= 11 is 0. The second kappa shape index (κ2) is 6.65. The van der Waals surface area contributed by atoms with Gasteiger partial charge < -0.3 is 15.2 Å². The number of carboxylic acid groups (broad SMARTS) is 1. The van der Waals surface area contributed by atoms with Gasteiger partial charge >= 0.3 is 12.1 Å². The summed E-state index contributed by atoms with van der Waals surface area (Å²) in [6, 6.07) is 0.590. The van der Waals surface area contributed by atoms with Crippen LogP contribution in [0.1, 0.15) is 32.2 Å². The Hall–Kier alpha value is -2.69. The molecule has 0 aromatic carbocycles. The molecule has 112 valence electrons. The maximum absolute atomic E-state index is 11.6. The van der Waals surface area contributed by atoms with Crippen LogP contribution in [0.15, 0.2) is 12.4 Å². The van der Waals surface area contributed by atoms with Gasteiger partial charge in [0.25, 0.3) is 0 Å². The second-order valence-electron chi connectivity index (χ2n) is 5.27. The van der Waals surface area contributed by atoms with Gasteiger partial charge in [0.1, 0.15) is 17.7 Å². The molecule has 1 aromatic heterocycles. The van der Waals surface area contributed by atoms with Gasteiger partial charge in [-0.25, -0.2) is 19.6 Å². The average molecular weight is 292 g/mol. The predicted molar refractivity (Wildman–Crippen MR) is 71.2 cm³/mol. The van der Waals surface area contributed by atoms with Gasteiger partial charge in [-0.15, -0.1) is 0 Å². The van der Waals surface area contributed by atoms with E-state index in [0.717, 1.165) is 0 Å². The minimum absolute atomic E-state index is 0.00859. The van der Waals surface area contributed by atoms with Crippen molar-refractivity contribution in [3.8, 4) is 6.07 Å². The summed E-state index contributed by atoms with van der Waals surface area (Å²) in [6.07, 6.45) is 1.86. The minimum atomic E-state index is -1.20. The van der Waals surface area contributed by atoms with Gasteiger partial charge in [-0.1, -0.05) is 0 Å². The lowest BCUT2D eigenvalue weighted by molar-refractivity contribution is -0.139. The van der Waals surface area contributed by atoms with Gasteiger partial charge in [0.2, 0.25) is 5.82 Å². The lowest BCUT2D eigenvalue weighted by atomic mass is 10.1. The zero-order valence-corrected chi connectivity index (χ0v) is 12.0. The number of alkyl carbamates (subject to hydrolysis) is 1. The minimum Gasteiger partial charge on any atom is -0.480 e. The monoisotopic (exact) mass is 292 g/mol. The number of nitrogens with one attached hydrogen (secondary N) is 1. The van der Waals surface area contributed by atoms with Crippen molar-refractivity contribution in [3.05, 3.63) is 23.8 Å². The molecule has 0 saturated heterocycles. The molecule has 21 heavy (non-hydrogen) atoms. The summed E-state index contributed by atoms with van der Waals surface area (Å²) in [4.78, 5) is 30.2. The van der Waals surface area contributed by atoms with Crippen molar-refractivity contribution < 1.29 is 19.4 Å². The highest BCUT2D eigenvalue weighted by Gasteiger charge is 2.24. The van der Waals surface area contributed by atoms with Crippen LogP contribution < -0.4 is 5.32 Å². The number of carboxylic acids is 1. The summed E-state index contributed by atoms with van der Waals surface area (Å²) in [7, 11) is 0. The molecule has 1 unspecified atom stereocenters. The summed E-state index contributed by atoms with van der Waals surface area (Å²) < 4.78 is 5.00. The molecule has 8 nitrogen and oxygen atoms in total. The topological polar surface area (TPSA) is 125 Å². The Morgan fingerprint density at radius 1 is 1.43 bits per heavy atom. The van der Waals surface area contributed by atoms with E-state index in [-0.39, 0.29) is 12.2 Å². The third-order valence-electron chi connectivity index (χ3n) is 2.23. The number of ether oxygens (including phenoxy) is 1. The third-order valence-corrected chi connectivity index (χ3v) is 2.23. The van der Waals surface area contributed by atoms with Crippen molar-refractivity contribution in [3.63, 3.8) is 0 Å². The fraction of sp³-hybridized carbons (Fsp3) is 0.462.